The monoisotopic (exact) mass is 284 g/mol. The van der Waals surface area contributed by atoms with Crippen LogP contribution < -0.4 is 18.9 Å². The van der Waals surface area contributed by atoms with E-state index >= 15 is 0 Å². The van der Waals surface area contributed by atoms with Crippen molar-refractivity contribution < 1.29 is 45.2 Å². The average molecular weight is 284 g/mol. The van der Waals surface area contributed by atoms with Crippen molar-refractivity contribution in [3.05, 3.63) is 53.1 Å². The van der Waals surface area contributed by atoms with Crippen molar-refractivity contribution in [2.24, 2.45) is 0 Å². The summed E-state index contributed by atoms with van der Waals surface area (Å²) in [5, 5.41) is 0. The molecule has 102 valence electrons. The Labute approximate surface area is 123 Å². The fraction of sp³-hybridized carbons (Fsp3) is 0.231. The van der Waals surface area contributed by atoms with Gasteiger partial charge in [0, 0.05) is 11.1 Å². The molecule has 20 heavy (non-hydrogen) atoms. The molecule has 2 rings (SSSR count). The van der Waals surface area contributed by atoms with Gasteiger partial charge in [0.05, 0.1) is 0 Å². The SMILES string of the molecule is FC(F)(F)c1cc(C2=[C-]CC=C2)cc(C(F)(F)F)c1.[Li+]. The van der Waals surface area contributed by atoms with Crippen LogP contribution in [0.25, 0.3) is 5.57 Å². The van der Waals surface area contributed by atoms with Crippen LogP contribution in [0.2, 0.25) is 0 Å². The zero-order valence-corrected chi connectivity index (χ0v) is 10.4. The van der Waals surface area contributed by atoms with E-state index in [1.807, 2.05) is 0 Å². The van der Waals surface area contributed by atoms with Crippen LogP contribution in [0.1, 0.15) is 23.1 Å². The van der Waals surface area contributed by atoms with E-state index in [4.69, 9.17) is 0 Å². The average Bonchev–Trinajstić information content (AvgIpc) is 2.79. The molecule has 0 heterocycles. The van der Waals surface area contributed by atoms with Gasteiger partial charge in [-0.25, -0.2) is 0 Å². The van der Waals surface area contributed by atoms with Gasteiger partial charge in [-0.1, -0.05) is 18.6 Å². The Bertz CT molecular complexity index is 519. The van der Waals surface area contributed by atoms with E-state index in [1.54, 1.807) is 6.08 Å². The maximum Gasteiger partial charge on any atom is 1.00 e. The molecular formula is C13H7F6Li. The Morgan fingerprint density at radius 2 is 1.35 bits per heavy atom. The van der Waals surface area contributed by atoms with Gasteiger partial charge in [0.25, 0.3) is 0 Å². The van der Waals surface area contributed by atoms with Crippen LogP contribution in [0.3, 0.4) is 0 Å². The molecule has 0 atom stereocenters. The minimum absolute atomic E-state index is 0. The molecule has 0 N–H and O–H groups in total. The van der Waals surface area contributed by atoms with E-state index < -0.39 is 23.5 Å². The second-order valence-corrected chi connectivity index (χ2v) is 3.99. The molecule has 0 unspecified atom stereocenters. The fourth-order valence-corrected chi connectivity index (χ4v) is 1.71. The maximum absolute atomic E-state index is 12.6. The van der Waals surface area contributed by atoms with Crippen LogP contribution in [0.5, 0.6) is 0 Å². The van der Waals surface area contributed by atoms with E-state index in [0.29, 0.717) is 18.6 Å². The molecule has 0 bridgehead atoms. The Balaban J connectivity index is 0.00000200. The summed E-state index contributed by atoms with van der Waals surface area (Å²) >= 11 is 0. The molecule has 0 spiro atoms. The molecule has 1 aliphatic carbocycles. The van der Waals surface area contributed by atoms with Crippen LogP contribution in [-0.2, 0) is 12.4 Å². The summed E-state index contributed by atoms with van der Waals surface area (Å²) in [7, 11) is 0. The van der Waals surface area contributed by atoms with Gasteiger partial charge in [-0.2, -0.15) is 44.1 Å². The third kappa shape index (κ3) is 3.71. The summed E-state index contributed by atoms with van der Waals surface area (Å²) in [6.07, 6.45) is -3.49. The van der Waals surface area contributed by atoms with Crippen LogP contribution >= 0.6 is 0 Å². The Morgan fingerprint density at radius 1 is 0.850 bits per heavy atom. The third-order valence-corrected chi connectivity index (χ3v) is 2.59. The predicted molar refractivity (Wildman–Crippen MR) is 56.9 cm³/mol. The Morgan fingerprint density at radius 3 is 1.70 bits per heavy atom. The first kappa shape index (κ1) is 16.9. The minimum atomic E-state index is -4.82. The molecule has 0 radical (unpaired) electrons. The van der Waals surface area contributed by atoms with Crippen LogP contribution in [-0.4, -0.2) is 0 Å². The maximum atomic E-state index is 12.6. The summed E-state index contributed by atoms with van der Waals surface area (Å²) in [6, 6.07) is 1.52. The predicted octanol–water partition coefficient (Wildman–Crippen LogP) is 1.87. The number of halogens is 6. The van der Waals surface area contributed by atoms with Gasteiger partial charge in [-0.05, 0) is 6.07 Å². The number of hydrogen-bond donors (Lipinski definition) is 0. The molecule has 1 aliphatic rings. The van der Waals surface area contributed by atoms with Gasteiger partial charge < -0.3 is 0 Å². The van der Waals surface area contributed by atoms with Crippen molar-refractivity contribution in [1.82, 2.24) is 0 Å². The van der Waals surface area contributed by atoms with E-state index in [0.717, 1.165) is 0 Å². The van der Waals surface area contributed by atoms with Gasteiger partial charge in [0.15, 0.2) is 0 Å². The first-order chi connectivity index (χ1) is 8.68. The molecule has 0 saturated heterocycles. The summed E-state index contributed by atoms with van der Waals surface area (Å²) < 4.78 is 75.6. The molecule has 0 nitrogen and oxygen atoms in total. The van der Waals surface area contributed by atoms with Gasteiger partial charge in [-0.15, -0.1) is 11.6 Å². The van der Waals surface area contributed by atoms with Crippen LogP contribution in [0.4, 0.5) is 26.3 Å². The zero-order valence-electron chi connectivity index (χ0n) is 10.4. The van der Waals surface area contributed by atoms with Crippen molar-refractivity contribution in [2.75, 3.05) is 0 Å². The normalized spacial score (nSPS) is 15.0. The van der Waals surface area contributed by atoms with Gasteiger partial charge in [0.2, 0.25) is 0 Å². The van der Waals surface area contributed by atoms with E-state index in [1.165, 1.54) is 6.08 Å². The standard InChI is InChI=1S/C13H7F6.Li/c14-12(15,16)10-5-9(8-3-1-2-4-8)6-11(7-10)13(17,18)19;/h1,3,5-7H,2H2;/q-1;+1. The molecule has 1 aromatic carbocycles. The van der Waals surface area contributed by atoms with Crippen molar-refractivity contribution in [3.63, 3.8) is 0 Å². The molecule has 7 heteroatoms. The molecule has 0 aliphatic heterocycles. The second kappa shape index (κ2) is 5.70. The summed E-state index contributed by atoms with van der Waals surface area (Å²) in [4.78, 5) is 0. The zero-order chi connectivity index (χ0) is 14.3. The third-order valence-electron chi connectivity index (χ3n) is 2.59. The first-order valence-electron chi connectivity index (χ1n) is 5.25. The fourth-order valence-electron chi connectivity index (χ4n) is 1.71. The molecule has 0 amide bonds. The molecular weight excluding hydrogens is 277 g/mol. The number of rotatable bonds is 1. The molecule has 1 aromatic rings. The second-order valence-electron chi connectivity index (χ2n) is 3.99. The summed E-state index contributed by atoms with van der Waals surface area (Å²) in [5.41, 5.74) is -2.51. The Hall–Kier alpha value is -1.12. The smallest absolute Gasteiger partial charge is 0.197 e. The number of allylic oxidation sites excluding steroid dienone is 4. The van der Waals surface area contributed by atoms with Crippen molar-refractivity contribution in [1.29, 1.82) is 0 Å². The van der Waals surface area contributed by atoms with Gasteiger partial charge in [0.1, 0.15) is 0 Å². The van der Waals surface area contributed by atoms with Crippen molar-refractivity contribution in [3.8, 4) is 0 Å². The summed E-state index contributed by atoms with van der Waals surface area (Å²) in [5.74, 6) is 0. The van der Waals surface area contributed by atoms with E-state index in [-0.39, 0.29) is 36.1 Å². The molecule has 0 saturated carbocycles. The van der Waals surface area contributed by atoms with E-state index in [9.17, 15) is 26.3 Å². The number of alkyl halides is 6. The molecule has 0 aromatic heterocycles. The number of benzene rings is 1. The van der Waals surface area contributed by atoms with Crippen LogP contribution in [0.15, 0.2) is 30.4 Å². The van der Waals surface area contributed by atoms with E-state index in [2.05, 4.69) is 6.08 Å². The molecule has 0 fully saturated rings. The van der Waals surface area contributed by atoms with Gasteiger partial charge >= 0.3 is 31.2 Å². The quantitative estimate of drug-likeness (QED) is 0.419. The largest absolute Gasteiger partial charge is 1.00 e. The number of hydrogen-bond acceptors (Lipinski definition) is 0. The first-order valence-corrected chi connectivity index (χ1v) is 5.25. The van der Waals surface area contributed by atoms with Crippen molar-refractivity contribution >= 4 is 5.57 Å². The summed E-state index contributed by atoms with van der Waals surface area (Å²) in [6.45, 7) is 0. The van der Waals surface area contributed by atoms with Gasteiger partial charge in [-0.3, -0.25) is 0 Å². The Kier molecular flexibility index (Phi) is 4.83. The minimum Gasteiger partial charge on any atom is -0.197 e. The topological polar surface area (TPSA) is 0 Å². The van der Waals surface area contributed by atoms with Crippen molar-refractivity contribution in [2.45, 2.75) is 18.8 Å². The van der Waals surface area contributed by atoms with Crippen LogP contribution in [0, 0.1) is 6.08 Å².